The number of nitrogens with zero attached hydrogens (tertiary/aromatic N) is 2. The third-order valence-corrected chi connectivity index (χ3v) is 3.08. The largest absolute Gasteiger partial charge is 0.443 e. The van der Waals surface area contributed by atoms with Gasteiger partial charge in [0, 0.05) is 9.26 Å². The SMILES string of the molecule is Cc1cc(I)c(N(CC(F)(F)F)C(=O)OC(C)(C)C)cn1. The fourth-order valence-electron chi connectivity index (χ4n) is 1.46. The Kier molecular flexibility index (Phi) is 5.46. The molecule has 0 bridgehead atoms. The molecule has 0 saturated heterocycles. The molecule has 0 fully saturated rings. The minimum absolute atomic E-state index is 0.0766. The Labute approximate surface area is 134 Å². The lowest BCUT2D eigenvalue weighted by molar-refractivity contribution is -0.119. The summed E-state index contributed by atoms with van der Waals surface area (Å²) in [5, 5.41) is 0. The van der Waals surface area contributed by atoms with Gasteiger partial charge in [0.05, 0.1) is 11.9 Å². The second kappa shape index (κ2) is 6.37. The van der Waals surface area contributed by atoms with Crippen LogP contribution in [-0.2, 0) is 4.74 Å². The maximum Gasteiger partial charge on any atom is 0.415 e. The molecule has 0 N–H and O–H groups in total. The molecule has 4 nitrogen and oxygen atoms in total. The Balaban J connectivity index is 3.16. The number of aryl methyl sites for hydroxylation is 1. The van der Waals surface area contributed by atoms with Crippen molar-refractivity contribution < 1.29 is 22.7 Å². The number of hydrogen-bond donors (Lipinski definition) is 0. The van der Waals surface area contributed by atoms with Gasteiger partial charge in [-0.3, -0.25) is 9.88 Å². The molecule has 21 heavy (non-hydrogen) atoms. The minimum atomic E-state index is -4.54. The van der Waals surface area contributed by atoms with E-state index in [2.05, 4.69) is 4.98 Å². The first-order valence-corrected chi connectivity index (χ1v) is 7.16. The third kappa shape index (κ3) is 6.06. The standard InChI is InChI=1S/C13H16F3IN2O2/c1-8-5-9(17)10(6-18-8)19(7-13(14,15)16)11(20)21-12(2,3)4/h5-6H,7H2,1-4H3. The number of carbonyl (C=O) groups is 1. The molecule has 1 amide bonds. The fourth-order valence-corrected chi connectivity index (χ4v) is 2.34. The molecule has 1 heterocycles. The predicted octanol–water partition coefficient (Wildman–Crippen LogP) is 4.30. The highest BCUT2D eigenvalue weighted by Crippen LogP contribution is 2.28. The van der Waals surface area contributed by atoms with E-state index >= 15 is 0 Å². The predicted molar refractivity (Wildman–Crippen MR) is 81.3 cm³/mol. The van der Waals surface area contributed by atoms with Crippen LogP contribution in [0.5, 0.6) is 0 Å². The molecule has 118 valence electrons. The maximum atomic E-state index is 12.7. The number of amides is 1. The van der Waals surface area contributed by atoms with Crippen molar-refractivity contribution >= 4 is 34.4 Å². The van der Waals surface area contributed by atoms with Crippen molar-refractivity contribution in [2.45, 2.75) is 39.5 Å². The number of pyridine rings is 1. The van der Waals surface area contributed by atoms with Crippen molar-refractivity contribution in [2.24, 2.45) is 0 Å². The first kappa shape index (κ1) is 18.0. The second-order valence-electron chi connectivity index (χ2n) is 5.46. The van der Waals surface area contributed by atoms with Gasteiger partial charge in [0.2, 0.25) is 0 Å². The second-order valence-corrected chi connectivity index (χ2v) is 6.62. The Bertz CT molecular complexity index is 527. The fraction of sp³-hybridized carbons (Fsp3) is 0.538. The lowest BCUT2D eigenvalue weighted by Crippen LogP contribution is -2.42. The van der Waals surface area contributed by atoms with Crippen molar-refractivity contribution in [1.29, 1.82) is 0 Å². The molecule has 1 aromatic rings. The Morgan fingerprint density at radius 1 is 1.38 bits per heavy atom. The lowest BCUT2D eigenvalue weighted by atomic mass is 10.2. The van der Waals surface area contributed by atoms with Crippen LogP contribution in [-0.4, -0.2) is 29.4 Å². The molecule has 0 atom stereocenters. The molecule has 1 aromatic heterocycles. The van der Waals surface area contributed by atoms with Gasteiger partial charge in [-0.05, 0) is 56.4 Å². The molecule has 8 heteroatoms. The third-order valence-electron chi connectivity index (χ3n) is 2.21. The van der Waals surface area contributed by atoms with Gasteiger partial charge in [0.1, 0.15) is 12.1 Å². The van der Waals surface area contributed by atoms with Crippen LogP contribution in [0.2, 0.25) is 0 Å². The number of rotatable bonds is 2. The quantitative estimate of drug-likeness (QED) is 0.676. The summed E-state index contributed by atoms with van der Waals surface area (Å²) in [6.45, 7) is 5.06. The zero-order chi connectivity index (χ0) is 16.4. The minimum Gasteiger partial charge on any atom is -0.443 e. The molecule has 0 radical (unpaired) electrons. The van der Waals surface area contributed by atoms with Crippen LogP contribution in [0.4, 0.5) is 23.7 Å². The Hall–Kier alpha value is -1.06. The molecule has 0 saturated carbocycles. The van der Waals surface area contributed by atoms with Gasteiger partial charge in [0.25, 0.3) is 0 Å². The molecule has 0 aromatic carbocycles. The van der Waals surface area contributed by atoms with Crippen LogP contribution in [0.25, 0.3) is 0 Å². The number of hydrogen-bond acceptors (Lipinski definition) is 3. The van der Waals surface area contributed by atoms with Crippen LogP contribution >= 0.6 is 22.6 Å². The number of halogens is 4. The summed E-state index contributed by atoms with van der Waals surface area (Å²) >= 11 is 1.87. The highest BCUT2D eigenvalue weighted by Gasteiger charge is 2.36. The smallest absolute Gasteiger partial charge is 0.415 e. The van der Waals surface area contributed by atoms with E-state index in [4.69, 9.17) is 4.74 Å². The van der Waals surface area contributed by atoms with Gasteiger partial charge in [-0.25, -0.2) is 4.79 Å². The number of carbonyl (C=O) groups excluding carboxylic acids is 1. The van der Waals surface area contributed by atoms with Gasteiger partial charge >= 0.3 is 12.3 Å². The molecule has 1 rings (SSSR count). The summed E-state index contributed by atoms with van der Waals surface area (Å²) in [5.41, 5.74) is -0.156. The van der Waals surface area contributed by atoms with Crippen molar-refractivity contribution in [3.63, 3.8) is 0 Å². The van der Waals surface area contributed by atoms with Crippen molar-refractivity contribution in [2.75, 3.05) is 11.4 Å². The van der Waals surface area contributed by atoms with Gasteiger partial charge < -0.3 is 4.74 Å². The number of anilines is 1. The molecule has 0 spiro atoms. The average molecular weight is 416 g/mol. The summed E-state index contributed by atoms with van der Waals surface area (Å²) in [5.74, 6) is 0. The van der Waals surface area contributed by atoms with Gasteiger partial charge in [-0.15, -0.1) is 0 Å². The lowest BCUT2D eigenvalue weighted by Gasteiger charge is -2.28. The number of aromatic nitrogens is 1. The summed E-state index contributed by atoms with van der Waals surface area (Å²) < 4.78 is 43.7. The van der Waals surface area contributed by atoms with E-state index in [9.17, 15) is 18.0 Å². The van der Waals surface area contributed by atoms with Gasteiger partial charge in [-0.2, -0.15) is 13.2 Å². The van der Waals surface area contributed by atoms with Crippen molar-refractivity contribution in [3.8, 4) is 0 Å². The Morgan fingerprint density at radius 3 is 2.38 bits per heavy atom. The van der Waals surface area contributed by atoms with E-state index in [0.717, 1.165) is 0 Å². The summed E-state index contributed by atoms with van der Waals surface area (Å²) in [6, 6.07) is 1.60. The summed E-state index contributed by atoms with van der Waals surface area (Å²) in [7, 11) is 0. The van der Waals surface area contributed by atoms with Crippen LogP contribution < -0.4 is 4.90 Å². The van der Waals surface area contributed by atoms with E-state index < -0.39 is 24.4 Å². The molecular formula is C13H16F3IN2O2. The molecule has 0 unspecified atom stereocenters. The normalized spacial score (nSPS) is 12.2. The molecule has 0 aliphatic carbocycles. The average Bonchev–Trinajstić information content (AvgIpc) is 2.22. The van der Waals surface area contributed by atoms with E-state index in [1.807, 2.05) is 22.6 Å². The first-order chi connectivity index (χ1) is 9.39. The highest BCUT2D eigenvalue weighted by molar-refractivity contribution is 14.1. The first-order valence-electron chi connectivity index (χ1n) is 6.08. The molecule has 0 aliphatic rings. The van der Waals surface area contributed by atoms with Crippen LogP contribution in [0.1, 0.15) is 26.5 Å². The van der Waals surface area contributed by atoms with Gasteiger partial charge in [-0.1, -0.05) is 0 Å². The van der Waals surface area contributed by atoms with Crippen LogP contribution in [0.15, 0.2) is 12.3 Å². The van der Waals surface area contributed by atoms with Crippen LogP contribution in [0.3, 0.4) is 0 Å². The van der Waals surface area contributed by atoms with E-state index in [-0.39, 0.29) is 5.69 Å². The topological polar surface area (TPSA) is 42.4 Å². The van der Waals surface area contributed by atoms with E-state index in [1.54, 1.807) is 33.8 Å². The molecule has 0 aliphatic heterocycles. The van der Waals surface area contributed by atoms with E-state index in [0.29, 0.717) is 14.2 Å². The van der Waals surface area contributed by atoms with Crippen molar-refractivity contribution in [1.82, 2.24) is 4.98 Å². The van der Waals surface area contributed by atoms with Gasteiger partial charge in [0.15, 0.2) is 0 Å². The number of alkyl halides is 3. The molecular weight excluding hydrogens is 400 g/mol. The van der Waals surface area contributed by atoms with Crippen LogP contribution in [0, 0.1) is 10.5 Å². The van der Waals surface area contributed by atoms with Crippen molar-refractivity contribution in [3.05, 3.63) is 21.5 Å². The maximum absolute atomic E-state index is 12.7. The zero-order valence-corrected chi connectivity index (χ0v) is 14.2. The zero-order valence-electron chi connectivity index (χ0n) is 12.1. The summed E-state index contributed by atoms with van der Waals surface area (Å²) in [6.07, 6.45) is -4.35. The van der Waals surface area contributed by atoms with E-state index in [1.165, 1.54) is 6.20 Å². The summed E-state index contributed by atoms with van der Waals surface area (Å²) in [4.78, 5) is 16.5. The number of ether oxygens (including phenoxy) is 1. The monoisotopic (exact) mass is 416 g/mol. The highest BCUT2D eigenvalue weighted by atomic mass is 127. The Morgan fingerprint density at radius 2 is 1.95 bits per heavy atom.